The lowest BCUT2D eigenvalue weighted by atomic mass is 9.80. The second-order valence-corrected chi connectivity index (χ2v) is 5.63. The van der Waals surface area contributed by atoms with Gasteiger partial charge in [-0.25, -0.2) is 15.8 Å². The Morgan fingerprint density at radius 1 is 1.32 bits per heavy atom. The zero-order chi connectivity index (χ0) is 13.7. The highest BCUT2D eigenvalue weighted by molar-refractivity contribution is 5.35. The number of hydrazine groups is 1. The summed E-state index contributed by atoms with van der Waals surface area (Å²) in [4.78, 5) is 9.34. The Labute approximate surface area is 116 Å². The molecule has 1 aromatic rings. The highest BCUT2D eigenvalue weighted by Gasteiger charge is 2.24. The molecule has 1 aromatic heterocycles. The van der Waals surface area contributed by atoms with Crippen LogP contribution in [-0.2, 0) is 6.42 Å². The Bertz CT molecular complexity index is 405. The Morgan fingerprint density at radius 2 is 2.16 bits per heavy atom. The normalized spacial score (nSPS) is 23.3. The molecule has 0 spiro atoms. The molecular formula is C15H26N4. The van der Waals surface area contributed by atoms with Crippen LogP contribution in [0.2, 0.25) is 0 Å². The summed E-state index contributed by atoms with van der Waals surface area (Å²) in [6.07, 6.45) is 8.48. The molecule has 4 nitrogen and oxygen atoms in total. The fraction of sp³-hybridized carbons (Fsp3) is 0.733. The molecule has 1 heterocycles. The summed E-state index contributed by atoms with van der Waals surface area (Å²) in [5.41, 5.74) is 3.79. The average Bonchev–Trinajstić information content (AvgIpc) is 2.47. The minimum absolute atomic E-state index is 0.516. The number of rotatable bonds is 5. The van der Waals surface area contributed by atoms with Crippen molar-refractivity contribution in [3.63, 3.8) is 0 Å². The van der Waals surface area contributed by atoms with Crippen LogP contribution in [0, 0.1) is 5.92 Å². The monoisotopic (exact) mass is 262 g/mol. The summed E-state index contributed by atoms with van der Waals surface area (Å²) in [5, 5.41) is 0. The average molecular weight is 262 g/mol. The third-order valence-corrected chi connectivity index (χ3v) is 4.18. The quantitative estimate of drug-likeness (QED) is 0.630. The van der Waals surface area contributed by atoms with E-state index < -0.39 is 0 Å². The summed E-state index contributed by atoms with van der Waals surface area (Å²) in [6.45, 7) is 4.46. The van der Waals surface area contributed by atoms with Crippen LogP contribution in [0.3, 0.4) is 0 Å². The number of anilines is 1. The molecule has 1 fully saturated rings. The maximum atomic E-state index is 5.53. The van der Waals surface area contributed by atoms with Gasteiger partial charge in [0, 0.05) is 17.7 Å². The maximum absolute atomic E-state index is 5.53. The van der Waals surface area contributed by atoms with Crippen molar-refractivity contribution >= 4 is 5.82 Å². The molecule has 0 saturated heterocycles. The predicted molar refractivity (Wildman–Crippen MR) is 78.8 cm³/mol. The van der Waals surface area contributed by atoms with Gasteiger partial charge in [0.05, 0.1) is 0 Å². The Hall–Kier alpha value is -1.16. The second-order valence-electron chi connectivity index (χ2n) is 5.63. The van der Waals surface area contributed by atoms with Crippen LogP contribution in [0.4, 0.5) is 5.82 Å². The van der Waals surface area contributed by atoms with Crippen LogP contribution < -0.4 is 11.3 Å². The van der Waals surface area contributed by atoms with Gasteiger partial charge in [0.25, 0.3) is 0 Å². The molecule has 2 rings (SSSR count). The van der Waals surface area contributed by atoms with Gasteiger partial charge in [-0.2, -0.15) is 0 Å². The first kappa shape index (κ1) is 14.3. The summed E-state index contributed by atoms with van der Waals surface area (Å²) in [6, 6.07) is 1.97. The molecule has 1 aliphatic rings. The van der Waals surface area contributed by atoms with Crippen molar-refractivity contribution in [3.8, 4) is 0 Å². The zero-order valence-corrected chi connectivity index (χ0v) is 12.2. The van der Waals surface area contributed by atoms with Crippen LogP contribution in [0.1, 0.15) is 69.8 Å². The van der Waals surface area contributed by atoms with E-state index in [0.29, 0.717) is 5.92 Å². The molecule has 0 aromatic carbocycles. The summed E-state index contributed by atoms with van der Waals surface area (Å²) in [5.74, 6) is 8.64. The van der Waals surface area contributed by atoms with Crippen LogP contribution in [-0.4, -0.2) is 9.97 Å². The highest BCUT2D eigenvalue weighted by Crippen LogP contribution is 2.36. The van der Waals surface area contributed by atoms with Gasteiger partial charge < -0.3 is 5.43 Å². The van der Waals surface area contributed by atoms with E-state index in [1.807, 2.05) is 6.07 Å². The molecular weight excluding hydrogens is 236 g/mol. The second kappa shape index (κ2) is 6.85. The van der Waals surface area contributed by atoms with Gasteiger partial charge >= 0.3 is 0 Å². The highest BCUT2D eigenvalue weighted by atomic mass is 15.3. The van der Waals surface area contributed by atoms with Crippen molar-refractivity contribution in [1.29, 1.82) is 0 Å². The number of hydrogen-bond acceptors (Lipinski definition) is 4. The summed E-state index contributed by atoms with van der Waals surface area (Å²) < 4.78 is 0. The Balaban J connectivity index is 2.19. The zero-order valence-electron chi connectivity index (χ0n) is 12.2. The van der Waals surface area contributed by atoms with E-state index >= 15 is 0 Å². The van der Waals surface area contributed by atoms with Crippen LogP contribution >= 0.6 is 0 Å². The number of aromatic nitrogens is 2. The van der Waals surface area contributed by atoms with Gasteiger partial charge in [-0.05, 0) is 25.2 Å². The number of nitrogen functional groups attached to an aromatic ring is 1. The van der Waals surface area contributed by atoms with E-state index in [0.717, 1.165) is 36.1 Å². The lowest BCUT2D eigenvalue weighted by molar-refractivity contribution is 0.307. The van der Waals surface area contributed by atoms with E-state index in [-0.39, 0.29) is 0 Å². The van der Waals surface area contributed by atoms with Crippen LogP contribution in [0.5, 0.6) is 0 Å². The topological polar surface area (TPSA) is 63.8 Å². The standard InChI is InChI=1S/C15H26N4/c1-3-6-13-10-14(19-16)18-15(17-13)12-8-5-7-11(4-2)9-12/h10-12H,3-9,16H2,1-2H3,(H,17,18,19). The van der Waals surface area contributed by atoms with Gasteiger partial charge in [-0.1, -0.05) is 39.5 Å². The molecule has 0 bridgehead atoms. The van der Waals surface area contributed by atoms with Crippen LogP contribution in [0.25, 0.3) is 0 Å². The third kappa shape index (κ3) is 3.66. The molecule has 3 N–H and O–H groups in total. The van der Waals surface area contributed by atoms with Crippen molar-refractivity contribution in [2.24, 2.45) is 11.8 Å². The van der Waals surface area contributed by atoms with Crippen molar-refractivity contribution in [1.82, 2.24) is 9.97 Å². The number of nitrogens with two attached hydrogens (primary N) is 1. The van der Waals surface area contributed by atoms with Crippen molar-refractivity contribution in [2.45, 2.75) is 64.7 Å². The summed E-state index contributed by atoms with van der Waals surface area (Å²) >= 11 is 0. The molecule has 0 radical (unpaired) electrons. The molecule has 1 saturated carbocycles. The van der Waals surface area contributed by atoms with Gasteiger partial charge in [0.1, 0.15) is 11.6 Å². The fourth-order valence-electron chi connectivity index (χ4n) is 3.05. The van der Waals surface area contributed by atoms with Gasteiger partial charge in [-0.15, -0.1) is 0 Å². The van der Waals surface area contributed by atoms with E-state index in [2.05, 4.69) is 24.3 Å². The Morgan fingerprint density at radius 3 is 2.84 bits per heavy atom. The largest absolute Gasteiger partial charge is 0.308 e. The first-order valence-corrected chi connectivity index (χ1v) is 7.61. The van der Waals surface area contributed by atoms with Gasteiger partial charge in [0.15, 0.2) is 0 Å². The minimum atomic E-state index is 0.516. The predicted octanol–water partition coefficient (Wildman–Crippen LogP) is 3.40. The molecule has 2 unspecified atom stereocenters. The molecule has 106 valence electrons. The first-order chi connectivity index (χ1) is 9.26. The van der Waals surface area contributed by atoms with E-state index in [1.165, 1.54) is 32.1 Å². The number of nitrogens with one attached hydrogen (secondary N) is 1. The SMILES string of the molecule is CCCc1cc(NN)nc(C2CCCC(CC)C2)n1. The smallest absolute Gasteiger partial charge is 0.143 e. The number of nitrogens with zero attached hydrogens (tertiary/aromatic N) is 2. The van der Waals surface area contributed by atoms with E-state index in [1.54, 1.807) is 0 Å². The fourth-order valence-corrected chi connectivity index (χ4v) is 3.05. The summed E-state index contributed by atoms with van der Waals surface area (Å²) in [7, 11) is 0. The molecule has 0 amide bonds. The van der Waals surface area contributed by atoms with Gasteiger partial charge in [0.2, 0.25) is 0 Å². The lowest BCUT2D eigenvalue weighted by Gasteiger charge is -2.27. The lowest BCUT2D eigenvalue weighted by Crippen LogP contribution is -2.18. The third-order valence-electron chi connectivity index (χ3n) is 4.18. The molecule has 4 heteroatoms. The van der Waals surface area contributed by atoms with Crippen molar-refractivity contribution in [3.05, 3.63) is 17.6 Å². The van der Waals surface area contributed by atoms with E-state index in [9.17, 15) is 0 Å². The molecule has 1 aliphatic carbocycles. The van der Waals surface area contributed by atoms with Gasteiger partial charge in [-0.3, -0.25) is 0 Å². The number of aryl methyl sites for hydroxylation is 1. The molecule has 19 heavy (non-hydrogen) atoms. The molecule has 2 atom stereocenters. The Kier molecular flexibility index (Phi) is 5.14. The minimum Gasteiger partial charge on any atom is -0.308 e. The van der Waals surface area contributed by atoms with Crippen molar-refractivity contribution in [2.75, 3.05) is 5.43 Å². The van der Waals surface area contributed by atoms with Crippen molar-refractivity contribution < 1.29 is 0 Å². The first-order valence-electron chi connectivity index (χ1n) is 7.61. The van der Waals surface area contributed by atoms with Crippen LogP contribution in [0.15, 0.2) is 6.07 Å². The van der Waals surface area contributed by atoms with E-state index in [4.69, 9.17) is 10.8 Å². The number of hydrogen-bond donors (Lipinski definition) is 2. The molecule has 0 aliphatic heterocycles. The maximum Gasteiger partial charge on any atom is 0.143 e.